The first-order valence-corrected chi connectivity index (χ1v) is 11.0. The number of aliphatic imine (C=N–C) groups is 1. The molecule has 0 aromatic carbocycles. The van der Waals surface area contributed by atoms with Crippen LogP contribution in [0, 0.1) is 5.92 Å². The van der Waals surface area contributed by atoms with Gasteiger partial charge in [0.15, 0.2) is 5.96 Å². The summed E-state index contributed by atoms with van der Waals surface area (Å²) in [6.07, 6.45) is 13.8. The first-order chi connectivity index (χ1) is 12.8. The second-order valence-electron chi connectivity index (χ2n) is 7.50. The second-order valence-corrected chi connectivity index (χ2v) is 7.50. The van der Waals surface area contributed by atoms with E-state index in [9.17, 15) is 0 Å². The van der Waals surface area contributed by atoms with E-state index in [-0.39, 0.29) is 6.61 Å². The molecule has 0 heterocycles. The van der Waals surface area contributed by atoms with Gasteiger partial charge < -0.3 is 20.5 Å². The highest BCUT2D eigenvalue weighted by molar-refractivity contribution is 5.79. The molecule has 0 aromatic heterocycles. The number of ether oxygens (including phenoxy) is 1. The zero-order valence-corrected chi connectivity index (χ0v) is 17.3. The van der Waals surface area contributed by atoms with Gasteiger partial charge in [0, 0.05) is 32.8 Å². The number of aliphatic hydroxyl groups is 1. The molecule has 0 aromatic rings. The Balaban J connectivity index is 2.12. The lowest BCUT2D eigenvalue weighted by molar-refractivity contribution is 0.0264. The monoisotopic (exact) mass is 369 g/mol. The predicted molar refractivity (Wildman–Crippen MR) is 111 cm³/mol. The van der Waals surface area contributed by atoms with Gasteiger partial charge in [0.05, 0.1) is 6.10 Å². The molecule has 0 saturated heterocycles. The molecule has 26 heavy (non-hydrogen) atoms. The van der Waals surface area contributed by atoms with E-state index in [1.54, 1.807) is 0 Å². The molecule has 154 valence electrons. The van der Waals surface area contributed by atoms with Gasteiger partial charge in [-0.1, -0.05) is 32.6 Å². The lowest BCUT2D eigenvalue weighted by Gasteiger charge is -2.21. The number of hydrogen-bond donors (Lipinski definition) is 3. The van der Waals surface area contributed by atoms with Crippen LogP contribution in [0.25, 0.3) is 0 Å². The molecule has 1 aliphatic rings. The zero-order chi connectivity index (χ0) is 18.9. The zero-order valence-electron chi connectivity index (χ0n) is 17.3. The Morgan fingerprint density at radius 3 is 2.58 bits per heavy atom. The van der Waals surface area contributed by atoms with Crippen molar-refractivity contribution in [2.45, 2.75) is 90.6 Å². The molecule has 1 atom stereocenters. The van der Waals surface area contributed by atoms with E-state index in [2.05, 4.69) is 24.5 Å². The topological polar surface area (TPSA) is 65.9 Å². The third-order valence-corrected chi connectivity index (χ3v) is 5.11. The van der Waals surface area contributed by atoms with Crippen LogP contribution in [0.3, 0.4) is 0 Å². The summed E-state index contributed by atoms with van der Waals surface area (Å²) in [4.78, 5) is 4.70. The molecule has 1 saturated carbocycles. The molecule has 1 unspecified atom stereocenters. The normalized spacial score (nSPS) is 17.3. The van der Waals surface area contributed by atoms with Gasteiger partial charge in [-0.3, -0.25) is 4.99 Å². The molecule has 5 heteroatoms. The van der Waals surface area contributed by atoms with Crippen molar-refractivity contribution in [3.05, 3.63) is 0 Å². The Labute approximate surface area is 161 Å². The third kappa shape index (κ3) is 11.7. The number of hydrogen-bond acceptors (Lipinski definition) is 3. The predicted octanol–water partition coefficient (Wildman–Crippen LogP) is 3.86. The van der Waals surface area contributed by atoms with E-state index in [0.717, 1.165) is 64.3 Å². The van der Waals surface area contributed by atoms with Gasteiger partial charge in [-0.25, -0.2) is 0 Å². The molecule has 0 aliphatic heterocycles. The van der Waals surface area contributed by atoms with Crippen LogP contribution in [-0.4, -0.2) is 50.0 Å². The molecular formula is C21H43N3O2. The fourth-order valence-corrected chi connectivity index (χ4v) is 3.57. The van der Waals surface area contributed by atoms with E-state index in [0.29, 0.717) is 12.0 Å². The molecular weight excluding hydrogens is 326 g/mol. The van der Waals surface area contributed by atoms with Gasteiger partial charge in [-0.15, -0.1) is 0 Å². The maximum atomic E-state index is 9.17. The maximum Gasteiger partial charge on any atom is 0.191 e. The van der Waals surface area contributed by atoms with Crippen LogP contribution in [0.4, 0.5) is 0 Å². The van der Waals surface area contributed by atoms with Gasteiger partial charge in [0.25, 0.3) is 0 Å². The quantitative estimate of drug-likeness (QED) is 0.247. The van der Waals surface area contributed by atoms with Gasteiger partial charge >= 0.3 is 0 Å². The van der Waals surface area contributed by atoms with E-state index in [1.807, 2.05) is 0 Å². The first kappa shape index (κ1) is 23.2. The Kier molecular flexibility index (Phi) is 14.6. The van der Waals surface area contributed by atoms with Crippen LogP contribution in [-0.2, 0) is 4.74 Å². The van der Waals surface area contributed by atoms with E-state index in [4.69, 9.17) is 14.8 Å². The third-order valence-electron chi connectivity index (χ3n) is 5.11. The molecule has 3 N–H and O–H groups in total. The molecule has 1 aliphatic carbocycles. The Bertz CT molecular complexity index is 338. The maximum absolute atomic E-state index is 9.17. The number of rotatable bonds is 14. The Morgan fingerprint density at radius 1 is 1.08 bits per heavy atom. The second kappa shape index (κ2) is 16.4. The van der Waals surface area contributed by atoms with Crippen molar-refractivity contribution in [2.24, 2.45) is 10.9 Å². The summed E-state index contributed by atoms with van der Waals surface area (Å²) in [5, 5.41) is 15.9. The minimum atomic E-state index is 0.257. The highest BCUT2D eigenvalue weighted by Crippen LogP contribution is 2.20. The van der Waals surface area contributed by atoms with Crippen LogP contribution in [0.2, 0.25) is 0 Å². The number of guanidine groups is 1. The standard InChI is InChI=1S/C21H43N3O2/c1-3-11-19(14-16-25)18-24-21(22-4-2)23-15-9-6-10-17-26-20-12-7-5-8-13-20/h19-20,25H,3-18H2,1-2H3,(H2,22,23,24). The van der Waals surface area contributed by atoms with Gasteiger partial charge in [0.2, 0.25) is 0 Å². The number of unbranched alkanes of at least 4 members (excludes halogenated alkanes) is 2. The summed E-state index contributed by atoms with van der Waals surface area (Å²) in [5.74, 6) is 1.39. The van der Waals surface area contributed by atoms with Gasteiger partial charge in [-0.05, 0) is 57.8 Å². The average Bonchev–Trinajstić information content (AvgIpc) is 2.66. The Hall–Kier alpha value is -0.810. The number of nitrogens with zero attached hydrogens (tertiary/aromatic N) is 1. The number of nitrogens with one attached hydrogen (secondary N) is 2. The first-order valence-electron chi connectivity index (χ1n) is 11.0. The Morgan fingerprint density at radius 2 is 1.88 bits per heavy atom. The fourth-order valence-electron chi connectivity index (χ4n) is 3.57. The van der Waals surface area contributed by atoms with E-state index >= 15 is 0 Å². The van der Waals surface area contributed by atoms with Crippen molar-refractivity contribution in [1.82, 2.24) is 10.6 Å². The summed E-state index contributed by atoms with van der Waals surface area (Å²) >= 11 is 0. The highest BCUT2D eigenvalue weighted by Gasteiger charge is 2.13. The van der Waals surface area contributed by atoms with Crippen LogP contribution < -0.4 is 10.6 Å². The van der Waals surface area contributed by atoms with Crippen LogP contribution in [0.15, 0.2) is 4.99 Å². The summed E-state index contributed by atoms with van der Waals surface area (Å²) < 4.78 is 5.98. The lowest BCUT2D eigenvalue weighted by atomic mass is 9.98. The molecule has 0 bridgehead atoms. The van der Waals surface area contributed by atoms with Gasteiger partial charge in [-0.2, -0.15) is 0 Å². The minimum absolute atomic E-state index is 0.257. The highest BCUT2D eigenvalue weighted by atomic mass is 16.5. The molecule has 5 nitrogen and oxygen atoms in total. The van der Waals surface area contributed by atoms with E-state index < -0.39 is 0 Å². The van der Waals surface area contributed by atoms with Gasteiger partial charge in [0.1, 0.15) is 0 Å². The van der Waals surface area contributed by atoms with Crippen molar-refractivity contribution in [1.29, 1.82) is 0 Å². The van der Waals surface area contributed by atoms with Crippen molar-refractivity contribution in [3.63, 3.8) is 0 Å². The number of aliphatic hydroxyl groups excluding tert-OH is 1. The fraction of sp³-hybridized carbons (Fsp3) is 0.952. The van der Waals surface area contributed by atoms with Crippen molar-refractivity contribution < 1.29 is 9.84 Å². The van der Waals surface area contributed by atoms with Crippen LogP contribution in [0.5, 0.6) is 0 Å². The lowest BCUT2D eigenvalue weighted by Crippen LogP contribution is -2.38. The molecule has 0 spiro atoms. The average molecular weight is 370 g/mol. The smallest absolute Gasteiger partial charge is 0.191 e. The van der Waals surface area contributed by atoms with Crippen LogP contribution in [0.1, 0.15) is 84.5 Å². The summed E-state index contributed by atoms with van der Waals surface area (Å²) in [5.41, 5.74) is 0. The molecule has 1 rings (SSSR count). The SMILES string of the molecule is CCCC(CCO)CN=C(NCC)NCCCCCOC1CCCCC1. The van der Waals surface area contributed by atoms with Crippen molar-refractivity contribution in [3.8, 4) is 0 Å². The minimum Gasteiger partial charge on any atom is -0.396 e. The van der Waals surface area contributed by atoms with Crippen molar-refractivity contribution >= 4 is 5.96 Å². The summed E-state index contributed by atoms with van der Waals surface area (Å²) in [7, 11) is 0. The largest absolute Gasteiger partial charge is 0.396 e. The van der Waals surface area contributed by atoms with Crippen LogP contribution >= 0.6 is 0 Å². The summed E-state index contributed by atoms with van der Waals surface area (Å²) in [6.45, 7) is 8.07. The molecule has 0 radical (unpaired) electrons. The summed E-state index contributed by atoms with van der Waals surface area (Å²) in [6, 6.07) is 0. The van der Waals surface area contributed by atoms with E-state index in [1.165, 1.54) is 38.5 Å². The molecule has 0 amide bonds. The molecule has 1 fully saturated rings. The van der Waals surface area contributed by atoms with Crippen molar-refractivity contribution in [2.75, 3.05) is 32.8 Å².